The first-order valence-corrected chi connectivity index (χ1v) is 6.52. The lowest BCUT2D eigenvalue weighted by Crippen LogP contribution is -2.35. The van der Waals surface area contributed by atoms with E-state index in [9.17, 15) is 9.90 Å². The zero-order valence-electron chi connectivity index (χ0n) is 10.7. The number of carbonyl (C=O) groups excluding carboxylic acids is 1. The van der Waals surface area contributed by atoms with Crippen LogP contribution in [0.25, 0.3) is 0 Å². The Hall–Kier alpha value is -0.680. The number of aliphatic hydroxyl groups is 1. The highest BCUT2D eigenvalue weighted by Gasteiger charge is 2.32. The quantitative estimate of drug-likeness (QED) is 0.870. The van der Waals surface area contributed by atoms with Crippen molar-refractivity contribution < 1.29 is 9.90 Å². The van der Waals surface area contributed by atoms with E-state index in [-0.39, 0.29) is 5.78 Å². The number of carbonyl (C=O) groups is 1. The summed E-state index contributed by atoms with van der Waals surface area (Å²) in [5.74, 6) is -0.282. The number of aliphatic hydroxyl groups excluding tert-OH is 1. The summed E-state index contributed by atoms with van der Waals surface area (Å²) in [4.78, 5) is 12.2. The normalized spacial score (nSPS) is 13.8. The van der Waals surface area contributed by atoms with Gasteiger partial charge in [0.2, 0.25) is 5.78 Å². The molecule has 0 amide bonds. The zero-order chi connectivity index (χ0) is 13.2. The minimum atomic E-state index is -1.02. The van der Waals surface area contributed by atoms with Gasteiger partial charge in [0, 0.05) is 6.54 Å². The van der Waals surface area contributed by atoms with E-state index < -0.39 is 11.5 Å². The number of rotatable bonds is 4. The fourth-order valence-corrected chi connectivity index (χ4v) is 2.00. The SMILES string of the molecule is CCCn1ncc(Br)c1C(=O)C(O)C(C)(C)C. The van der Waals surface area contributed by atoms with Crippen LogP contribution in [0.5, 0.6) is 0 Å². The first-order valence-electron chi connectivity index (χ1n) is 5.72. The van der Waals surface area contributed by atoms with Gasteiger partial charge < -0.3 is 5.11 Å². The monoisotopic (exact) mass is 302 g/mol. The van der Waals surface area contributed by atoms with Crippen LogP contribution >= 0.6 is 15.9 Å². The number of ketones is 1. The van der Waals surface area contributed by atoms with Crippen molar-refractivity contribution in [2.24, 2.45) is 5.41 Å². The van der Waals surface area contributed by atoms with Crippen molar-refractivity contribution in [3.8, 4) is 0 Å². The van der Waals surface area contributed by atoms with Gasteiger partial charge in [0.05, 0.1) is 10.7 Å². The molecule has 17 heavy (non-hydrogen) atoms. The van der Waals surface area contributed by atoms with E-state index in [0.717, 1.165) is 6.42 Å². The second-order valence-corrected chi connectivity index (χ2v) is 6.05. The molecule has 0 bridgehead atoms. The molecule has 0 aliphatic carbocycles. The van der Waals surface area contributed by atoms with E-state index in [0.29, 0.717) is 16.7 Å². The summed E-state index contributed by atoms with van der Waals surface area (Å²) in [7, 11) is 0. The van der Waals surface area contributed by atoms with Crippen LogP contribution in [0.3, 0.4) is 0 Å². The number of Topliss-reactive ketones (excluding diaryl/α,β-unsaturated/α-hetero) is 1. The van der Waals surface area contributed by atoms with E-state index in [1.54, 1.807) is 10.9 Å². The van der Waals surface area contributed by atoms with Crippen LogP contribution < -0.4 is 0 Å². The maximum absolute atomic E-state index is 12.2. The lowest BCUT2D eigenvalue weighted by Gasteiger charge is -2.24. The fraction of sp³-hybridized carbons (Fsp3) is 0.667. The van der Waals surface area contributed by atoms with Crippen LogP contribution in [0.4, 0.5) is 0 Å². The molecule has 1 heterocycles. The summed E-state index contributed by atoms with van der Waals surface area (Å²) in [6.45, 7) is 8.20. The highest BCUT2D eigenvalue weighted by Crippen LogP contribution is 2.26. The Kier molecular flexibility index (Phi) is 4.49. The first-order chi connectivity index (χ1) is 7.79. The van der Waals surface area contributed by atoms with Gasteiger partial charge in [0.15, 0.2) is 0 Å². The lowest BCUT2D eigenvalue weighted by atomic mass is 9.86. The molecule has 0 aliphatic rings. The van der Waals surface area contributed by atoms with Crippen LogP contribution in [-0.2, 0) is 6.54 Å². The average Bonchev–Trinajstić information content (AvgIpc) is 2.57. The van der Waals surface area contributed by atoms with E-state index >= 15 is 0 Å². The van der Waals surface area contributed by atoms with E-state index in [1.165, 1.54) is 0 Å². The minimum absolute atomic E-state index is 0.282. The Morgan fingerprint density at radius 3 is 2.65 bits per heavy atom. The van der Waals surface area contributed by atoms with Gasteiger partial charge >= 0.3 is 0 Å². The van der Waals surface area contributed by atoms with Gasteiger partial charge in [-0.1, -0.05) is 27.7 Å². The van der Waals surface area contributed by atoms with Gasteiger partial charge in [-0.2, -0.15) is 5.10 Å². The molecule has 1 N–H and O–H groups in total. The molecule has 0 aliphatic heterocycles. The van der Waals surface area contributed by atoms with E-state index in [1.807, 2.05) is 27.7 Å². The highest BCUT2D eigenvalue weighted by molar-refractivity contribution is 9.10. The molecule has 1 aromatic heterocycles. The van der Waals surface area contributed by atoms with Crippen LogP contribution in [0.1, 0.15) is 44.6 Å². The maximum Gasteiger partial charge on any atom is 0.210 e. The minimum Gasteiger partial charge on any atom is -0.384 e. The van der Waals surface area contributed by atoms with E-state index in [2.05, 4.69) is 21.0 Å². The molecule has 0 aromatic carbocycles. The third-order valence-corrected chi connectivity index (χ3v) is 3.11. The van der Waals surface area contributed by atoms with Crippen molar-refractivity contribution in [3.05, 3.63) is 16.4 Å². The molecule has 0 radical (unpaired) electrons. The summed E-state index contributed by atoms with van der Waals surface area (Å²) in [6, 6.07) is 0. The van der Waals surface area contributed by atoms with Crippen LogP contribution in [0.2, 0.25) is 0 Å². The summed E-state index contributed by atoms with van der Waals surface area (Å²) in [5, 5.41) is 14.2. The Morgan fingerprint density at radius 1 is 1.59 bits per heavy atom. The molecule has 1 unspecified atom stereocenters. The molecule has 1 atom stereocenters. The highest BCUT2D eigenvalue weighted by atomic mass is 79.9. The average molecular weight is 303 g/mol. The van der Waals surface area contributed by atoms with Gasteiger partial charge in [-0.05, 0) is 27.8 Å². The van der Waals surface area contributed by atoms with Crippen molar-refractivity contribution in [1.29, 1.82) is 0 Å². The lowest BCUT2D eigenvalue weighted by molar-refractivity contribution is 0.0431. The number of aryl methyl sites for hydroxylation is 1. The van der Waals surface area contributed by atoms with Crippen LogP contribution in [-0.4, -0.2) is 26.8 Å². The van der Waals surface area contributed by atoms with Gasteiger partial charge in [0.1, 0.15) is 11.8 Å². The molecular weight excluding hydrogens is 284 g/mol. The maximum atomic E-state index is 12.2. The predicted octanol–water partition coefficient (Wildman–Crippen LogP) is 2.65. The Morgan fingerprint density at radius 2 is 2.18 bits per heavy atom. The molecule has 0 saturated heterocycles. The van der Waals surface area contributed by atoms with Gasteiger partial charge in [-0.25, -0.2) is 0 Å². The van der Waals surface area contributed by atoms with Crippen molar-refractivity contribution in [2.45, 2.75) is 46.8 Å². The molecule has 96 valence electrons. The number of halogens is 1. The fourth-order valence-electron chi connectivity index (χ4n) is 1.51. The first kappa shape index (κ1) is 14.4. The summed E-state index contributed by atoms with van der Waals surface area (Å²) in [5.41, 5.74) is -0.0213. The predicted molar refractivity (Wildman–Crippen MR) is 70.0 cm³/mol. The topological polar surface area (TPSA) is 55.1 Å². The van der Waals surface area contributed by atoms with Crippen molar-refractivity contribution in [3.63, 3.8) is 0 Å². The van der Waals surface area contributed by atoms with Gasteiger partial charge in [0.25, 0.3) is 0 Å². The molecule has 0 saturated carbocycles. The number of hydrogen-bond donors (Lipinski definition) is 1. The molecule has 5 heteroatoms. The van der Waals surface area contributed by atoms with Crippen molar-refractivity contribution in [1.82, 2.24) is 9.78 Å². The molecule has 1 rings (SSSR count). The Bertz CT molecular complexity index is 407. The van der Waals surface area contributed by atoms with Crippen molar-refractivity contribution in [2.75, 3.05) is 0 Å². The van der Waals surface area contributed by atoms with E-state index in [4.69, 9.17) is 0 Å². The number of aromatic nitrogens is 2. The molecular formula is C12H19BrN2O2. The zero-order valence-corrected chi connectivity index (χ0v) is 12.3. The molecule has 0 spiro atoms. The Balaban J connectivity index is 3.07. The van der Waals surface area contributed by atoms with Crippen LogP contribution in [0, 0.1) is 5.41 Å². The standard InChI is InChI=1S/C12H19BrN2O2/c1-5-6-15-9(8(13)7-14-15)10(16)11(17)12(2,3)4/h7,11,17H,5-6H2,1-4H3. The largest absolute Gasteiger partial charge is 0.384 e. The second-order valence-electron chi connectivity index (χ2n) is 5.20. The Labute approximate surface area is 110 Å². The molecule has 1 aromatic rings. The molecule has 0 fully saturated rings. The van der Waals surface area contributed by atoms with Gasteiger partial charge in [-0.3, -0.25) is 9.48 Å². The number of nitrogens with zero attached hydrogens (tertiary/aromatic N) is 2. The summed E-state index contributed by atoms with van der Waals surface area (Å²) < 4.78 is 2.28. The third kappa shape index (κ3) is 3.16. The summed E-state index contributed by atoms with van der Waals surface area (Å²) >= 11 is 3.31. The molecule has 4 nitrogen and oxygen atoms in total. The second kappa shape index (κ2) is 5.31. The number of hydrogen-bond acceptors (Lipinski definition) is 3. The van der Waals surface area contributed by atoms with Crippen molar-refractivity contribution >= 4 is 21.7 Å². The van der Waals surface area contributed by atoms with Crippen LogP contribution in [0.15, 0.2) is 10.7 Å². The summed E-state index contributed by atoms with van der Waals surface area (Å²) in [6.07, 6.45) is 1.46. The third-order valence-electron chi connectivity index (χ3n) is 2.53. The smallest absolute Gasteiger partial charge is 0.210 e. The van der Waals surface area contributed by atoms with Gasteiger partial charge in [-0.15, -0.1) is 0 Å².